The minimum Gasteiger partial charge on any atom is -0.507 e. The van der Waals surface area contributed by atoms with Crippen molar-refractivity contribution in [1.82, 2.24) is 15.2 Å². The summed E-state index contributed by atoms with van der Waals surface area (Å²) in [6.45, 7) is 4.08. The SMILES string of the molecule is CN1CCN(c2ccc(-c3cc(F)cc(-c4cnc(OCCO)c(N5CCNCC5)c4)c3O)cc2Cl)C1=O. The van der Waals surface area contributed by atoms with Crippen LogP contribution >= 0.6 is 11.6 Å². The van der Waals surface area contributed by atoms with Gasteiger partial charge in [-0.2, -0.15) is 0 Å². The number of hydrogen-bond donors (Lipinski definition) is 3. The summed E-state index contributed by atoms with van der Waals surface area (Å²) in [5.74, 6) is -0.289. The average molecular weight is 542 g/mol. The molecule has 5 rings (SSSR count). The molecule has 2 amide bonds. The van der Waals surface area contributed by atoms with Crippen LogP contribution in [-0.2, 0) is 0 Å². The minimum atomic E-state index is -0.534. The van der Waals surface area contributed by atoms with Crippen molar-refractivity contribution in [2.75, 3.05) is 69.3 Å². The molecule has 0 saturated carbocycles. The fourth-order valence-corrected chi connectivity index (χ4v) is 5.06. The van der Waals surface area contributed by atoms with Gasteiger partial charge in [-0.3, -0.25) is 4.90 Å². The second-order valence-corrected chi connectivity index (χ2v) is 9.64. The number of pyridine rings is 1. The van der Waals surface area contributed by atoms with Crippen LogP contribution in [0.1, 0.15) is 0 Å². The first-order chi connectivity index (χ1) is 18.4. The molecule has 11 heteroatoms. The van der Waals surface area contributed by atoms with Gasteiger partial charge in [0.1, 0.15) is 23.9 Å². The summed E-state index contributed by atoms with van der Waals surface area (Å²) in [5.41, 5.74) is 2.83. The molecule has 2 aromatic carbocycles. The number of aromatic hydroxyl groups is 1. The fourth-order valence-electron chi connectivity index (χ4n) is 4.78. The van der Waals surface area contributed by atoms with Crippen LogP contribution < -0.4 is 19.9 Å². The number of carbonyl (C=O) groups excluding carboxylic acids is 1. The van der Waals surface area contributed by atoms with E-state index >= 15 is 0 Å². The number of halogens is 2. The van der Waals surface area contributed by atoms with E-state index in [2.05, 4.69) is 15.2 Å². The monoisotopic (exact) mass is 541 g/mol. The average Bonchev–Trinajstić information content (AvgIpc) is 3.26. The summed E-state index contributed by atoms with van der Waals surface area (Å²) < 4.78 is 20.6. The normalized spacial score (nSPS) is 15.9. The molecular weight excluding hydrogens is 513 g/mol. The number of phenolic OH excluding ortho intramolecular Hbond substituents is 1. The van der Waals surface area contributed by atoms with E-state index in [9.17, 15) is 19.4 Å². The van der Waals surface area contributed by atoms with Gasteiger partial charge in [-0.15, -0.1) is 0 Å². The Morgan fingerprint density at radius 2 is 1.79 bits per heavy atom. The number of anilines is 2. The van der Waals surface area contributed by atoms with Crippen molar-refractivity contribution in [3.8, 4) is 33.9 Å². The van der Waals surface area contributed by atoms with Crippen LogP contribution in [0, 0.1) is 5.82 Å². The molecule has 0 unspecified atom stereocenters. The fraction of sp³-hybridized carbons (Fsp3) is 0.333. The van der Waals surface area contributed by atoms with E-state index in [1.165, 1.54) is 18.3 Å². The third kappa shape index (κ3) is 5.07. The number of aromatic nitrogens is 1. The molecule has 2 aliphatic rings. The maximum Gasteiger partial charge on any atom is 0.324 e. The highest BCUT2D eigenvalue weighted by Crippen LogP contribution is 2.42. The number of benzene rings is 2. The number of phenols is 1. The van der Waals surface area contributed by atoms with E-state index in [4.69, 9.17) is 16.3 Å². The van der Waals surface area contributed by atoms with E-state index in [0.29, 0.717) is 46.5 Å². The molecule has 3 aromatic rings. The zero-order chi connectivity index (χ0) is 26.8. The number of aliphatic hydroxyl groups is 1. The molecule has 3 heterocycles. The first-order valence-corrected chi connectivity index (χ1v) is 12.8. The van der Waals surface area contributed by atoms with Gasteiger partial charge in [0.15, 0.2) is 0 Å². The quantitative estimate of drug-likeness (QED) is 0.420. The van der Waals surface area contributed by atoms with Crippen molar-refractivity contribution >= 4 is 29.0 Å². The Morgan fingerprint density at radius 1 is 1.05 bits per heavy atom. The molecule has 200 valence electrons. The first-order valence-electron chi connectivity index (χ1n) is 12.4. The van der Waals surface area contributed by atoms with Crippen molar-refractivity contribution in [2.24, 2.45) is 0 Å². The number of amides is 2. The van der Waals surface area contributed by atoms with Crippen molar-refractivity contribution in [1.29, 1.82) is 0 Å². The zero-order valence-electron chi connectivity index (χ0n) is 21.0. The Hall–Kier alpha value is -3.60. The van der Waals surface area contributed by atoms with Gasteiger partial charge in [0.25, 0.3) is 0 Å². The van der Waals surface area contributed by atoms with E-state index in [-0.39, 0.29) is 36.1 Å². The number of urea groups is 1. The van der Waals surface area contributed by atoms with Gasteiger partial charge in [0.2, 0.25) is 5.88 Å². The van der Waals surface area contributed by atoms with E-state index < -0.39 is 5.82 Å². The molecule has 2 saturated heterocycles. The third-order valence-electron chi connectivity index (χ3n) is 6.77. The predicted octanol–water partition coefficient (Wildman–Crippen LogP) is 3.57. The molecule has 0 atom stereocenters. The highest BCUT2D eigenvalue weighted by atomic mass is 35.5. The summed E-state index contributed by atoms with van der Waals surface area (Å²) in [7, 11) is 1.73. The maximum absolute atomic E-state index is 14.9. The largest absolute Gasteiger partial charge is 0.507 e. The molecule has 0 radical (unpaired) electrons. The Kier molecular flexibility index (Phi) is 7.55. The van der Waals surface area contributed by atoms with Crippen LogP contribution in [0.3, 0.4) is 0 Å². The van der Waals surface area contributed by atoms with Crippen LogP contribution in [0.5, 0.6) is 11.6 Å². The number of ether oxygens (including phenoxy) is 1. The molecule has 2 fully saturated rings. The van der Waals surface area contributed by atoms with Crippen LogP contribution in [-0.4, -0.2) is 85.7 Å². The third-order valence-corrected chi connectivity index (χ3v) is 7.07. The lowest BCUT2D eigenvalue weighted by Crippen LogP contribution is -2.43. The van der Waals surface area contributed by atoms with Gasteiger partial charge in [0.05, 0.1) is 17.3 Å². The molecule has 38 heavy (non-hydrogen) atoms. The molecule has 0 aliphatic carbocycles. The van der Waals surface area contributed by atoms with Crippen molar-refractivity contribution < 1.29 is 24.1 Å². The smallest absolute Gasteiger partial charge is 0.324 e. The number of aliphatic hydroxyl groups excluding tert-OH is 1. The van der Waals surface area contributed by atoms with Crippen LogP contribution in [0.15, 0.2) is 42.6 Å². The molecule has 1 aromatic heterocycles. The standard InChI is InChI=1S/C27H29ClFN5O4/c1-32-8-9-34(27(32)37)23-3-2-17(12-22(23)28)20-14-19(29)15-21(25(20)36)18-13-24(33-6-4-30-5-7-33)26(31-16-18)38-11-10-35/h2-3,12-16,30,35-36H,4-11H2,1H3. The van der Waals surface area contributed by atoms with Gasteiger partial charge < -0.3 is 30.1 Å². The molecule has 3 N–H and O–H groups in total. The highest BCUT2D eigenvalue weighted by Gasteiger charge is 2.28. The van der Waals surface area contributed by atoms with Gasteiger partial charge in [-0.25, -0.2) is 14.2 Å². The summed E-state index contributed by atoms with van der Waals surface area (Å²) >= 11 is 6.55. The van der Waals surface area contributed by atoms with Gasteiger partial charge in [-0.05, 0) is 35.9 Å². The van der Waals surface area contributed by atoms with Crippen molar-refractivity contribution in [2.45, 2.75) is 0 Å². The summed E-state index contributed by atoms with van der Waals surface area (Å²) in [4.78, 5) is 22.1. The number of carbonyl (C=O) groups is 1. The van der Waals surface area contributed by atoms with E-state index in [0.717, 1.165) is 26.2 Å². The van der Waals surface area contributed by atoms with Crippen LogP contribution in [0.2, 0.25) is 5.02 Å². The molecule has 0 spiro atoms. The van der Waals surface area contributed by atoms with Crippen LogP contribution in [0.4, 0.5) is 20.6 Å². The Balaban J connectivity index is 1.53. The lowest BCUT2D eigenvalue weighted by Gasteiger charge is -2.30. The number of rotatable bonds is 7. The number of likely N-dealkylation sites (N-methyl/N-ethyl adjacent to an activating group) is 1. The number of hydrogen-bond acceptors (Lipinski definition) is 7. The van der Waals surface area contributed by atoms with Gasteiger partial charge in [0, 0.05) is 69.2 Å². The summed E-state index contributed by atoms with van der Waals surface area (Å²) in [6.07, 6.45) is 1.52. The second-order valence-electron chi connectivity index (χ2n) is 9.23. The number of nitrogens with one attached hydrogen (secondary N) is 1. The second kappa shape index (κ2) is 11.0. The lowest BCUT2D eigenvalue weighted by atomic mass is 9.97. The van der Waals surface area contributed by atoms with Crippen molar-refractivity contribution in [3.63, 3.8) is 0 Å². The zero-order valence-corrected chi connectivity index (χ0v) is 21.7. The molecule has 9 nitrogen and oxygen atoms in total. The molecular formula is C27H29ClFN5O4. The predicted molar refractivity (Wildman–Crippen MR) is 145 cm³/mol. The minimum absolute atomic E-state index is 0.0941. The maximum atomic E-state index is 14.9. The van der Waals surface area contributed by atoms with Crippen LogP contribution in [0.25, 0.3) is 22.3 Å². The Bertz CT molecular complexity index is 1350. The van der Waals surface area contributed by atoms with Crippen molar-refractivity contribution in [3.05, 3.63) is 53.4 Å². The highest BCUT2D eigenvalue weighted by molar-refractivity contribution is 6.34. The van der Waals surface area contributed by atoms with Gasteiger partial charge in [-0.1, -0.05) is 17.7 Å². The summed E-state index contributed by atoms with van der Waals surface area (Å²) in [5, 5.41) is 24.1. The van der Waals surface area contributed by atoms with E-state index in [1.54, 1.807) is 35.0 Å². The molecule has 2 aliphatic heterocycles. The van der Waals surface area contributed by atoms with E-state index in [1.807, 2.05) is 6.07 Å². The van der Waals surface area contributed by atoms with Gasteiger partial charge >= 0.3 is 6.03 Å². The number of piperazine rings is 1. The summed E-state index contributed by atoms with van der Waals surface area (Å²) in [6, 6.07) is 9.22. The lowest BCUT2D eigenvalue weighted by molar-refractivity contribution is 0.197. The Morgan fingerprint density at radius 3 is 2.45 bits per heavy atom. The topological polar surface area (TPSA) is 101 Å². The molecule has 0 bridgehead atoms. The number of nitrogens with zero attached hydrogens (tertiary/aromatic N) is 4. The first kappa shape index (κ1) is 26.0. The Labute approximate surface area is 225 Å².